The molecule has 29 heavy (non-hydrogen) atoms. The maximum absolute atomic E-state index is 8.99. The van der Waals surface area contributed by atoms with Gasteiger partial charge in [-0.2, -0.15) is 12.2 Å². The van der Waals surface area contributed by atoms with Crippen molar-refractivity contribution < 1.29 is 36.4 Å². The van der Waals surface area contributed by atoms with Crippen LogP contribution in [-0.4, -0.2) is 10.2 Å². The number of aromatic hydroxyl groups is 2. The van der Waals surface area contributed by atoms with Crippen molar-refractivity contribution in [2.75, 3.05) is 0 Å². The number of benzene rings is 2. The number of phenolic OH excluding ortho intramolecular Hbond substituents is 2. The molecular formula is C26H30O2Zr. The molecule has 150 valence electrons. The predicted molar refractivity (Wildman–Crippen MR) is 118 cm³/mol. The molecule has 2 aliphatic carbocycles. The van der Waals surface area contributed by atoms with Crippen LogP contribution in [0.2, 0.25) is 0 Å². The second-order valence-electron chi connectivity index (χ2n) is 6.70. The predicted octanol–water partition coefficient (Wildman–Crippen LogP) is 6.63. The fraction of sp³-hybridized carbons (Fsp3) is 0.231. The fourth-order valence-electron chi connectivity index (χ4n) is 2.58. The van der Waals surface area contributed by atoms with Crippen molar-refractivity contribution in [3.8, 4) is 11.5 Å². The maximum Gasteiger partial charge on any atom is 2.00 e. The minimum Gasteiger partial charge on any atom is -0.508 e. The van der Waals surface area contributed by atoms with Crippen LogP contribution in [0.25, 0.3) is 0 Å². The van der Waals surface area contributed by atoms with Crippen LogP contribution in [0.15, 0.2) is 72.9 Å². The van der Waals surface area contributed by atoms with E-state index in [9.17, 15) is 0 Å². The molecule has 2 N–H and O–H groups in total. The van der Waals surface area contributed by atoms with Gasteiger partial charge in [-0.05, 0) is 74.2 Å². The number of aryl methyl sites for hydroxylation is 4. The zero-order valence-electron chi connectivity index (χ0n) is 17.7. The van der Waals surface area contributed by atoms with Gasteiger partial charge in [-0.3, -0.25) is 12.2 Å². The molecule has 4 rings (SSSR count). The Morgan fingerprint density at radius 1 is 0.586 bits per heavy atom. The maximum atomic E-state index is 8.99. The Morgan fingerprint density at radius 2 is 0.897 bits per heavy atom. The number of hydrogen-bond acceptors (Lipinski definition) is 2. The van der Waals surface area contributed by atoms with Crippen LogP contribution < -0.4 is 0 Å². The third-order valence-corrected chi connectivity index (χ3v) is 3.58. The first-order chi connectivity index (χ1) is 13.4. The molecule has 2 aromatic rings. The summed E-state index contributed by atoms with van der Waals surface area (Å²) in [5, 5.41) is 18.0. The smallest absolute Gasteiger partial charge is 0.508 e. The van der Waals surface area contributed by atoms with Crippen LogP contribution in [0.3, 0.4) is 0 Å². The van der Waals surface area contributed by atoms with E-state index < -0.39 is 0 Å². The van der Waals surface area contributed by atoms with Crippen molar-refractivity contribution in [1.82, 2.24) is 0 Å². The van der Waals surface area contributed by atoms with Gasteiger partial charge in [0.25, 0.3) is 0 Å². The van der Waals surface area contributed by atoms with Crippen molar-refractivity contribution >= 4 is 0 Å². The van der Waals surface area contributed by atoms with E-state index in [4.69, 9.17) is 10.2 Å². The number of phenols is 2. The summed E-state index contributed by atoms with van der Waals surface area (Å²) in [7, 11) is 0. The van der Waals surface area contributed by atoms with E-state index >= 15 is 0 Å². The molecular weight excluding hydrogens is 436 g/mol. The monoisotopic (exact) mass is 464 g/mol. The van der Waals surface area contributed by atoms with E-state index in [0.29, 0.717) is 11.5 Å². The zero-order chi connectivity index (χ0) is 20.8. The van der Waals surface area contributed by atoms with E-state index in [0.717, 1.165) is 35.1 Å². The molecule has 2 nitrogen and oxygen atoms in total. The van der Waals surface area contributed by atoms with Crippen LogP contribution in [-0.2, 0) is 26.2 Å². The number of rotatable bonds is 0. The topological polar surface area (TPSA) is 40.5 Å². The van der Waals surface area contributed by atoms with E-state index in [1.54, 1.807) is 24.3 Å². The van der Waals surface area contributed by atoms with Crippen molar-refractivity contribution in [1.29, 1.82) is 0 Å². The minimum atomic E-state index is 0. The van der Waals surface area contributed by atoms with Gasteiger partial charge in [0.1, 0.15) is 11.5 Å². The first kappa shape index (κ1) is 26.9. The van der Waals surface area contributed by atoms with E-state index in [-0.39, 0.29) is 26.2 Å². The van der Waals surface area contributed by atoms with Crippen molar-refractivity contribution in [3.05, 3.63) is 107 Å². The van der Waals surface area contributed by atoms with E-state index in [1.165, 1.54) is 0 Å². The minimum absolute atomic E-state index is 0. The molecule has 0 radical (unpaired) electrons. The van der Waals surface area contributed by atoms with Crippen LogP contribution in [0.5, 0.6) is 11.5 Å². The molecule has 0 fully saturated rings. The number of hydrogen-bond donors (Lipinski definition) is 2. The van der Waals surface area contributed by atoms with Gasteiger partial charge < -0.3 is 10.2 Å². The molecule has 0 bridgehead atoms. The summed E-state index contributed by atoms with van der Waals surface area (Å²) in [5.41, 5.74) is 4.42. The van der Waals surface area contributed by atoms with Crippen LogP contribution in [0.1, 0.15) is 35.1 Å². The van der Waals surface area contributed by atoms with Crippen LogP contribution >= 0.6 is 0 Å². The van der Waals surface area contributed by atoms with Gasteiger partial charge in [-0.15, -0.1) is 12.8 Å². The van der Waals surface area contributed by atoms with Gasteiger partial charge in [0.2, 0.25) is 0 Å². The summed E-state index contributed by atoms with van der Waals surface area (Å²) in [6.07, 6.45) is 20.0. The average molecular weight is 466 g/mol. The Bertz CT molecular complexity index is 653. The van der Waals surface area contributed by atoms with Gasteiger partial charge in [0, 0.05) is 0 Å². The van der Waals surface area contributed by atoms with Gasteiger partial charge in [0.05, 0.1) is 0 Å². The molecule has 3 heteroatoms. The van der Waals surface area contributed by atoms with E-state index in [2.05, 4.69) is 24.3 Å². The third-order valence-electron chi connectivity index (χ3n) is 3.58. The number of allylic oxidation sites excluding steroid dienone is 8. The molecule has 0 atom stereocenters. The van der Waals surface area contributed by atoms with Gasteiger partial charge >= 0.3 is 26.2 Å². The zero-order valence-corrected chi connectivity index (χ0v) is 20.2. The molecule has 0 amide bonds. The first-order valence-electron chi connectivity index (χ1n) is 9.35. The largest absolute Gasteiger partial charge is 2.00 e. The van der Waals surface area contributed by atoms with Crippen molar-refractivity contribution in [3.63, 3.8) is 0 Å². The molecule has 0 saturated carbocycles. The summed E-state index contributed by atoms with van der Waals surface area (Å²) < 4.78 is 0. The molecule has 0 aromatic heterocycles. The first-order valence-corrected chi connectivity index (χ1v) is 9.35. The Labute approximate surface area is 195 Å². The molecule has 0 heterocycles. The summed E-state index contributed by atoms with van der Waals surface area (Å²) >= 11 is 0. The molecule has 0 spiro atoms. The standard InChI is InChI=1S/2C8H10O.2C5H5.Zr/c2*1-6-3-7(2)5-8(9)4-6;2*1-2-4-5-3-1;/h2*3-5,9H,1-2H3;2*1-3H,4H2;/q;;2*-1;+2. The summed E-state index contributed by atoms with van der Waals surface area (Å²) in [6.45, 7) is 7.86. The quantitative estimate of drug-likeness (QED) is 0.429. The second-order valence-corrected chi connectivity index (χ2v) is 6.70. The van der Waals surface area contributed by atoms with Crippen molar-refractivity contribution in [2.45, 2.75) is 40.5 Å². The Morgan fingerprint density at radius 3 is 1.03 bits per heavy atom. The summed E-state index contributed by atoms with van der Waals surface area (Å²) in [5.74, 6) is 0.708. The van der Waals surface area contributed by atoms with Gasteiger partial charge in [-0.25, -0.2) is 24.3 Å². The Hall–Kier alpha value is -2.12. The molecule has 0 unspecified atom stereocenters. The van der Waals surface area contributed by atoms with Gasteiger partial charge in [-0.1, -0.05) is 12.1 Å². The average Bonchev–Trinajstić information content (AvgIpc) is 3.32. The molecule has 2 aliphatic rings. The van der Waals surface area contributed by atoms with Gasteiger partial charge in [0.15, 0.2) is 0 Å². The van der Waals surface area contributed by atoms with Crippen LogP contribution in [0.4, 0.5) is 0 Å². The van der Waals surface area contributed by atoms with Crippen LogP contribution in [0, 0.1) is 39.8 Å². The molecule has 2 aromatic carbocycles. The normalized spacial score (nSPS) is 12.0. The molecule has 0 aliphatic heterocycles. The SMILES string of the molecule is Cc1cc(C)cc(O)c1.Cc1cc(C)cc(O)c1.[C-]1=CC=CC1.[C-]1=CC=CC1.[Zr+2]. The second kappa shape index (κ2) is 15.8. The fourth-order valence-corrected chi connectivity index (χ4v) is 2.58. The molecule has 0 saturated heterocycles. The Kier molecular flexibility index (Phi) is 14.6. The summed E-state index contributed by atoms with van der Waals surface area (Å²) in [4.78, 5) is 0. The van der Waals surface area contributed by atoms with Crippen molar-refractivity contribution in [2.24, 2.45) is 0 Å². The third kappa shape index (κ3) is 14.5. The van der Waals surface area contributed by atoms with E-state index in [1.807, 2.05) is 64.1 Å². The summed E-state index contributed by atoms with van der Waals surface area (Å²) in [6, 6.07) is 11.0. The Balaban J connectivity index is 0.000000369.